The molecule has 3 nitrogen and oxygen atoms in total. The number of benzene rings is 2. The SMILES string of the molecule is Cc1ccc(F)cc1NCCC1CSC(CSc2ccccc2OC(F)(F)F)=N1. The zero-order chi connectivity index (χ0) is 20.9. The number of nitrogens with zero attached hydrogens (tertiary/aromatic N) is 1. The summed E-state index contributed by atoms with van der Waals surface area (Å²) in [4.78, 5) is 5.09. The third-order valence-corrected chi connectivity index (χ3v) is 6.57. The zero-order valence-electron chi connectivity index (χ0n) is 15.6. The number of alkyl halides is 3. The molecule has 0 bridgehead atoms. The lowest BCUT2D eigenvalue weighted by molar-refractivity contribution is -0.275. The third kappa shape index (κ3) is 6.85. The molecule has 0 spiro atoms. The first-order chi connectivity index (χ1) is 13.8. The molecule has 0 amide bonds. The molecule has 2 aromatic carbocycles. The van der Waals surface area contributed by atoms with Gasteiger partial charge in [-0.3, -0.25) is 4.99 Å². The number of halogens is 4. The van der Waals surface area contributed by atoms with Gasteiger partial charge in [-0.2, -0.15) is 0 Å². The van der Waals surface area contributed by atoms with Crippen LogP contribution in [-0.4, -0.2) is 35.5 Å². The Morgan fingerprint density at radius 3 is 2.83 bits per heavy atom. The topological polar surface area (TPSA) is 33.6 Å². The Morgan fingerprint density at radius 1 is 1.24 bits per heavy atom. The van der Waals surface area contributed by atoms with Crippen LogP contribution in [0.15, 0.2) is 52.4 Å². The van der Waals surface area contributed by atoms with Gasteiger partial charge in [0.15, 0.2) is 0 Å². The predicted molar refractivity (Wildman–Crippen MR) is 112 cm³/mol. The lowest BCUT2D eigenvalue weighted by Crippen LogP contribution is -2.17. The highest BCUT2D eigenvalue weighted by atomic mass is 32.2. The van der Waals surface area contributed by atoms with Crippen LogP contribution in [-0.2, 0) is 0 Å². The maximum absolute atomic E-state index is 13.3. The van der Waals surface area contributed by atoms with Crippen LogP contribution in [0.4, 0.5) is 23.2 Å². The van der Waals surface area contributed by atoms with Gasteiger partial charge in [-0.25, -0.2) is 4.39 Å². The molecular formula is C20H20F4N2OS2. The highest BCUT2D eigenvalue weighted by Crippen LogP contribution is 2.34. The summed E-state index contributed by atoms with van der Waals surface area (Å²) in [5.74, 6) is 0.859. The summed E-state index contributed by atoms with van der Waals surface area (Å²) in [6.07, 6.45) is -3.92. The standard InChI is InChI=1S/C20H20F4N2OS2/c1-13-6-7-14(21)10-16(13)25-9-8-15-11-29-19(26-15)12-28-18-5-3-2-4-17(18)27-20(22,23)24/h2-7,10,15,25H,8-9,11-12H2,1H3. The average molecular weight is 445 g/mol. The Hall–Kier alpha value is -1.87. The number of aryl methyl sites for hydroxylation is 1. The number of aliphatic imine (C=N–C) groups is 1. The summed E-state index contributed by atoms with van der Waals surface area (Å²) in [6, 6.07) is 10.9. The number of ether oxygens (including phenoxy) is 1. The fraction of sp³-hybridized carbons (Fsp3) is 0.350. The van der Waals surface area contributed by atoms with Gasteiger partial charge in [-0.15, -0.1) is 36.7 Å². The lowest BCUT2D eigenvalue weighted by Gasteiger charge is -2.12. The van der Waals surface area contributed by atoms with Crippen LogP contribution >= 0.6 is 23.5 Å². The van der Waals surface area contributed by atoms with Crippen molar-refractivity contribution in [3.05, 3.63) is 53.8 Å². The first-order valence-corrected chi connectivity index (χ1v) is 10.9. The van der Waals surface area contributed by atoms with Gasteiger partial charge in [0.05, 0.1) is 16.0 Å². The molecule has 0 aliphatic carbocycles. The number of nitrogens with one attached hydrogen (secondary N) is 1. The van der Waals surface area contributed by atoms with Crippen LogP contribution in [0, 0.1) is 12.7 Å². The molecule has 0 fully saturated rings. The maximum Gasteiger partial charge on any atom is 0.573 e. The minimum Gasteiger partial charge on any atom is -0.405 e. The van der Waals surface area contributed by atoms with Crippen molar-refractivity contribution in [1.82, 2.24) is 0 Å². The second-order valence-corrected chi connectivity index (χ2v) is 8.56. The molecule has 0 radical (unpaired) electrons. The second-order valence-electron chi connectivity index (χ2n) is 6.45. The Labute approximate surface area is 175 Å². The van der Waals surface area contributed by atoms with Crippen LogP contribution in [0.3, 0.4) is 0 Å². The summed E-state index contributed by atoms with van der Waals surface area (Å²) in [6.45, 7) is 2.59. The summed E-state index contributed by atoms with van der Waals surface area (Å²) in [5, 5.41) is 4.14. The van der Waals surface area contributed by atoms with Gasteiger partial charge in [-0.05, 0) is 43.2 Å². The van der Waals surface area contributed by atoms with Gasteiger partial charge < -0.3 is 10.1 Å². The monoisotopic (exact) mass is 444 g/mol. The van der Waals surface area contributed by atoms with Crippen molar-refractivity contribution in [3.63, 3.8) is 0 Å². The van der Waals surface area contributed by atoms with Gasteiger partial charge in [0.25, 0.3) is 0 Å². The van der Waals surface area contributed by atoms with E-state index in [4.69, 9.17) is 0 Å². The first-order valence-electron chi connectivity index (χ1n) is 8.97. The van der Waals surface area contributed by atoms with Crippen LogP contribution in [0.5, 0.6) is 5.75 Å². The molecule has 1 heterocycles. The molecular weight excluding hydrogens is 424 g/mol. The van der Waals surface area contributed by atoms with Crippen molar-refractivity contribution in [3.8, 4) is 5.75 Å². The van der Waals surface area contributed by atoms with E-state index in [2.05, 4.69) is 15.0 Å². The molecule has 0 saturated heterocycles. The van der Waals surface area contributed by atoms with Crippen LogP contribution in [0.1, 0.15) is 12.0 Å². The Bertz CT molecular complexity index is 874. The molecule has 156 valence electrons. The van der Waals surface area contributed by atoms with Gasteiger partial charge >= 0.3 is 6.36 Å². The van der Waals surface area contributed by atoms with Gasteiger partial charge in [-0.1, -0.05) is 18.2 Å². The largest absolute Gasteiger partial charge is 0.573 e. The average Bonchev–Trinajstić information content (AvgIpc) is 3.10. The summed E-state index contributed by atoms with van der Waals surface area (Å²) >= 11 is 2.90. The number of rotatable bonds is 8. The molecule has 1 aliphatic heterocycles. The summed E-state index contributed by atoms with van der Waals surface area (Å²) < 4.78 is 55.0. The van der Waals surface area contributed by atoms with Crippen molar-refractivity contribution >= 4 is 34.3 Å². The van der Waals surface area contributed by atoms with Crippen molar-refractivity contribution in [1.29, 1.82) is 0 Å². The molecule has 3 rings (SSSR count). The number of thioether (sulfide) groups is 2. The van der Waals surface area contributed by atoms with Crippen molar-refractivity contribution in [2.24, 2.45) is 4.99 Å². The van der Waals surface area contributed by atoms with E-state index in [0.29, 0.717) is 17.2 Å². The van der Waals surface area contributed by atoms with E-state index in [1.54, 1.807) is 30.0 Å². The molecule has 2 aromatic rings. The minimum absolute atomic E-state index is 0.138. The van der Waals surface area contributed by atoms with E-state index < -0.39 is 6.36 Å². The van der Waals surface area contributed by atoms with E-state index >= 15 is 0 Å². The molecule has 29 heavy (non-hydrogen) atoms. The summed E-state index contributed by atoms with van der Waals surface area (Å²) in [5.41, 5.74) is 1.75. The van der Waals surface area contributed by atoms with E-state index in [1.165, 1.54) is 36.0 Å². The van der Waals surface area contributed by atoms with Crippen LogP contribution in [0.2, 0.25) is 0 Å². The molecule has 1 atom stereocenters. The quantitative estimate of drug-likeness (QED) is 0.392. The van der Waals surface area contributed by atoms with Gasteiger partial charge in [0, 0.05) is 23.7 Å². The normalized spacial score (nSPS) is 16.6. The predicted octanol–water partition coefficient (Wildman–Crippen LogP) is 6.14. The second kappa shape index (κ2) is 9.75. The smallest absolute Gasteiger partial charge is 0.405 e. The van der Waals surface area contributed by atoms with E-state index in [-0.39, 0.29) is 17.6 Å². The maximum atomic E-state index is 13.3. The summed E-state index contributed by atoms with van der Waals surface area (Å²) in [7, 11) is 0. The molecule has 1 unspecified atom stereocenters. The highest BCUT2D eigenvalue weighted by Gasteiger charge is 2.32. The van der Waals surface area contributed by atoms with Crippen molar-refractivity contribution < 1.29 is 22.3 Å². The fourth-order valence-electron chi connectivity index (χ4n) is 2.77. The van der Waals surface area contributed by atoms with E-state index in [1.807, 2.05) is 6.92 Å². The molecule has 1 N–H and O–H groups in total. The number of hydrogen-bond donors (Lipinski definition) is 1. The van der Waals surface area contributed by atoms with Crippen LogP contribution < -0.4 is 10.1 Å². The lowest BCUT2D eigenvalue weighted by atomic mass is 10.2. The fourth-order valence-corrected chi connectivity index (χ4v) is 4.91. The van der Waals surface area contributed by atoms with Crippen LogP contribution in [0.25, 0.3) is 0 Å². The molecule has 0 saturated carbocycles. The van der Waals surface area contributed by atoms with E-state index in [0.717, 1.165) is 28.5 Å². The molecule has 1 aliphatic rings. The van der Waals surface area contributed by atoms with Gasteiger partial charge in [0.2, 0.25) is 0 Å². The first kappa shape index (κ1) is 21.8. The number of para-hydroxylation sites is 1. The molecule has 9 heteroatoms. The number of hydrogen-bond acceptors (Lipinski definition) is 5. The Morgan fingerprint density at radius 2 is 2.03 bits per heavy atom. The molecule has 0 aromatic heterocycles. The van der Waals surface area contributed by atoms with Crippen molar-refractivity contribution in [2.75, 3.05) is 23.4 Å². The Kier molecular flexibility index (Phi) is 7.34. The number of anilines is 1. The third-order valence-electron chi connectivity index (χ3n) is 4.19. The highest BCUT2D eigenvalue weighted by molar-refractivity contribution is 8.16. The zero-order valence-corrected chi connectivity index (χ0v) is 17.3. The van der Waals surface area contributed by atoms with Crippen molar-refractivity contribution in [2.45, 2.75) is 30.6 Å². The Balaban J connectivity index is 1.49. The minimum atomic E-state index is -4.71. The van der Waals surface area contributed by atoms with Gasteiger partial charge in [0.1, 0.15) is 11.6 Å². The van der Waals surface area contributed by atoms with E-state index in [9.17, 15) is 17.6 Å².